The van der Waals surface area contributed by atoms with Gasteiger partial charge in [-0.2, -0.15) is 0 Å². The summed E-state index contributed by atoms with van der Waals surface area (Å²) in [5, 5.41) is 2.71. The molecule has 0 aliphatic carbocycles. The van der Waals surface area contributed by atoms with Crippen molar-refractivity contribution >= 4 is 23.4 Å². The zero-order valence-corrected chi connectivity index (χ0v) is 11.2. The molecule has 1 rings (SSSR count). The number of amides is 1. The predicted octanol–water partition coefficient (Wildman–Crippen LogP) is 2.34. The van der Waals surface area contributed by atoms with Crippen molar-refractivity contribution in [3.05, 3.63) is 18.2 Å². The fraction of sp³-hybridized carbons (Fsp3) is 0.417. The Morgan fingerprint density at radius 2 is 2.06 bits per heavy atom. The summed E-state index contributed by atoms with van der Waals surface area (Å²) in [7, 11) is 3.07. The standard InChI is InChI=1S/C12H16FNO3S/c1-16-10-4-3-9(7-11(10)17-2)14-12(15)8-18-6-5-13/h3-4,7H,5-6,8H2,1-2H3,(H,14,15). The van der Waals surface area contributed by atoms with Gasteiger partial charge in [0.2, 0.25) is 5.91 Å². The highest BCUT2D eigenvalue weighted by Crippen LogP contribution is 2.29. The molecule has 0 heterocycles. The Morgan fingerprint density at radius 1 is 1.33 bits per heavy atom. The van der Waals surface area contributed by atoms with E-state index in [0.29, 0.717) is 22.9 Å². The molecule has 0 aliphatic rings. The summed E-state index contributed by atoms with van der Waals surface area (Å²) in [6.45, 7) is -0.422. The van der Waals surface area contributed by atoms with Crippen LogP contribution in [-0.4, -0.2) is 38.3 Å². The third-order valence-electron chi connectivity index (χ3n) is 2.12. The van der Waals surface area contributed by atoms with Crippen LogP contribution >= 0.6 is 11.8 Å². The van der Waals surface area contributed by atoms with Crippen LogP contribution in [0.2, 0.25) is 0 Å². The van der Waals surface area contributed by atoms with Crippen LogP contribution in [-0.2, 0) is 4.79 Å². The molecule has 100 valence electrons. The third-order valence-corrected chi connectivity index (χ3v) is 3.03. The second-order valence-electron chi connectivity index (χ2n) is 3.36. The minimum absolute atomic E-state index is 0.166. The number of carbonyl (C=O) groups is 1. The smallest absolute Gasteiger partial charge is 0.234 e. The fourth-order valence-corrected chi connectivity index (χ4v) is 1.84. The average molecular weight is 273 g/mol. The molecule has 0 radical (unpaired) electrons. The Morgan fingerprint density at radius 3 is 2.67 bits per heavy atom. The zero-order valence-electron chi connectivity index (χ0n) is 10.4. The molecular formula is C12H16FNO3S. The quantitative estimate of drug-likeness (QED) is 0.775. The average Bonchev–Trinajstić information content (AvgIpc) is 2.39. The topological polar surface area (TPSA) is 47.6 Å². The summed E-state index contributed by atoms with van der Waals surface area (Å²) >= 11 is 1.26. The first-order chi connectivity index (χ1) is 8.71. The van der Waals surface area contributed by atoms with Crippen LogP contribution in [0.5, 0.6) is 11.5 Å². The maximum atomic E-state index is 11.9. The monoisotopic (exact) mass is 273 g/mol. The van der Waals surface area contributed by atoms with Gasteiger partial charge in [0.15, 0.2) is 11.5 Å². The van der Waals surface area contributed by atoms with Crippen LogP contribution in [0.3, 0.4) is 0 Å². The molecule has 4 nitrogen and oxygen atoms in total. The zero-order chi connectivity index (χ0) is 13.4. The largest absolute Gasteiger partial charge is 0.493 e. The summed E-state index contributed by atoms with van der Waals surface area (Å²) in [5.74, 6) is 1.55. The van der Waals surface area contributed by atoms with E-state index in [1.165, 1.54) is 18.9 Å². The number of nitrogens with one attached hydrogen (secondary N) is 1. The fourth-order valence-electron chi connectivity index (χ4n) is 1.33. The summed E-state index contributed by atoms with van der Waals surface area (Å²) in [6, 6.07) is 5.11. The highest BCUT2D eigenvalue weighted by molar-refractivity contribution is 7.99. The molecule has 1 N–H and O–H groups in total. The Hall–Kier alpha value is -1.43. The van der Waals surface area contributed by atoms with Gasteiger partial charge >= 0.3 is 0 Å². The summed E-state index contributed by atoms with van der Waals surface area (Å²) in [4.78, 5) is 11.5. The van der Waals surface area contributed by atoms with Gasteiger partial charge in [0.25, 0.3) is 0 Å². The SMILES string of the molecule is COc1ccc(NC(=O)CSCCF)cc1OC. The molecule has 0 aromatic heterocycles. The number of methoxy groups -OCH3 is 2. The minimum atomic E-state index is -0.422. The number of alkyl halides is 1. The van der Waals surface area contributed by atoms with Gasteiger partial charge in [-0.25, -0.2) is 0 Å². The van der Waals surface area contributed by atoms with E-state index in [4.69, 9.17) is 9.47 Å². The third kappa shape index (κ3) is 4.44. The van der Waals surface area contributed by atoms with Crippen molar-refractivity contribution in [2.24, 2.45) is 0 Å². The van der Waals surface area contributed by atoms with Crippen molar-refractivity contribution in [3.8, 4) is 11.5 Å². The highest BCUT2D eigenvalue weighted by atomic mass is 32.2. The molecule has 0 aliphatic heterocycles. The molecule has 0 unspecified atom stereocenters. The van der Waals surface area contributed by atoms with E-state index in [2.05, 4.69) is 5.32 Å². The number of halogens is 1. The first-order valence-electron chi connectivity index (χ1n) is 5.37. The van der Waals surface area contributed by atoms with E-state index in [0.717, 1.165) is 0 Å². The number of thioether (sulfide) groups is 1. The Balaban J connectivity index is 2.59. The van der Waals surface area contributed by atoms with Crippen LogP contribution < -0.4 is 14.8 Å². The lowest BCUT2D eigenvalue weighted by Gasteiger charge is -2.10. The van der Waals surface area contributed by atoms with Crippen LogP contribution in [0.1, 0.15) is 0 Å². The first-order valence-corrected chi connectivity index (χ1v) is 6.52. The molecule has 1 amide bonds. The lowest BCUT2D eigenvalue weighted by atomic mass is 10.2. The van der Waals surface area contributed by atoms with Crippen molar-refractivity contribution in [2.45, 2.75) is 0 Å². The van der Waals surface area contributed by atoms with Crippen molar-refractivity contribution in [2.75, 3.05) is 37.7 Å². The van der Waals surface area contributed by atoms with Gasteiger partial charge in [0.05, 0.1) is 26.6 Å². The van der Waals surface area contributed by atoms with Gasteiger partial charge in [0.1, 0.15) is 0 Å². The molecule has 0 bridgehead atoms. The molecule has 18 heavy (non-hydrogen) atoms. The van der Waals surface area contributed by atoms with E-state index in [-0.39, 0.29) is 11.7 Å². The van der Waals surface area contributed by atoms with E-state index in [1.54, 1.807) is 25.3 Å². The highest BCUT2D eigenvalue weighted by Gasteiger charge is 2.07. The predicted molar refractivity (Wildman–Crippen MR) is 71.5 cm³/mol. The molecule has 0 fully saturated rings. The van der Waals surface area contributed by atoms with E-state index >= 15 is 0 Å². The van der Waals surface area contributed by atoms with Crippen LogP contribution in [0.25, 0.3) is 0 Å². The molecular weight excluding hydrogens is 257 g/mol. The van der Waals surface area contributed by atoms with Gasteiger partial charge in [-0.3, -0.25) is 9.18 Å². The molecule has 0 saturated heterocycles. The summed E-state index contributed by atoms with van der Waals surface area (Å²) < 4.78 is 22.1. The van der Waals surface area contributed by atoms with Crippen molar-refractivity contribution in [1.82, 2.24) is 0 Å². The van der Waals surface area contributed by atoms with Crippen LogP contribution in [0.15, 0.2) is 18.2 Å². The van der Waals surface area contributed by atoms with Gasteiger partial charge in [-0.05, 0) is 12.1 Å². The number of anilines is 1. The molecule has 1 aromatic rings. The number of rotatable bonds is 7. The van der Waals surface area contributed by atoms with E-state index in [9.17, 15) is 9.18 Å². The number of benzene rings is 1. The molecule has 6 heteroatoms. The Kier molecular flexibility index (Phi) is 6.35. The number of hydrogen-bond donors (Lipinski definition) is 1. The first kappa shape index (κ1) is 14.6. The van der Waals surface area contributed by atoms with Crippen molar-refractivity contribution in [3.63, 3.8) is 0 Å². The minimum Gasteiger partial charge on any atom is -0.493 e. The Bertz CT molecular complexity index is 401. The van der Waals surface area contributed by atoms with Gasteiger partial charge in [-0.1, -0.05) is 0 Å². The summed E-state index contributed by atoms with van der Waals surface area (Å²) in [6.07, 6.45) is 0. The van der Waals surface area contributed by atoms with Gasteiger partial charge in [-0.15, -0.1) is 11.8 Å². The van der Waals surface area contributed by atoms with E-state index < -0.39 is 6.67 Å². The normalized spacial score (nSPS) is 9.94. The van der Waals surface area contributed by atoms with Crippen LogP contribution in [0, 0.1) is 0 Å². The molecule has 0 atom stereocenters. The maximum absolute atomic E-state index is 11.9. The number of ether oxygens (including phenoxy) is 2. The number of hydrogen-bond acceptors (Lipinski definition) is 4. The molecule has 0 saturated carbocycles. The van der Waals surface area contributed by atoms with E-state index in [1.807, 2.05) is 0 Å². The second kappa shape index (κ2) is 7.81. The van der Waals surface area contributed by atoms with Crippen molar-refractivity contribution in [1.29, 1.82) is 0 Å². The lowest BCUT2D eigenvalue weighted by molar-refractivity contribution is -0.113. The maximum Gasteiger partial charge on any atom is 0.234 e. The second-order valence-corrected chi connectivity index (χ2v) is 4.46. The lowest BCUT2D eigenvalue weighted by Crippen LogP contribution is -2.14. The van der Waals surface area contributed by atoms with Crippen LogP contribution in [0.4, 0.5) is 10.1 Å². The van der Waals surface area contributed by atoms with Crippen molar-refractivity contribution < 1.29 is 18.7 Å². The van der Waals surface area contributed by atoms with Gasteiger partial charge < -0.3 is 14.8 Å². The van der Waals surface area contributed by atoms with Gasteiger partial charge in [0, 0.05) is 17.5 Å². The Labute approximate surface area is 110 Å². The number of carbonyl (C=O) groups excluding carboxylic acids is 1. The summed E-state index contributed by atoms with van der Waals surface area (Å²) in [5.41, 5.74) is 0.624. The molecule has 1 aromatic carbocycles. The molecule has 0 spiro atoms.